The number of halogens is 1. The van der Waals surface area contributed by atoms with Gasteiger partial charge in [0.1, 0.15) is 18.4 Å². The summed E-state index contributed by atoms with van der Waals surface area (Å²) in [5.41, 5.74) is 2.42. The van der Waals surface area contributed by atoms with Crippen molar-refractivity contribution in [3.05, 3.63) is 65.2 Å². The zero-order valence-electron chi connectivity index (χ0n) is 12.5. The first-order valence-corrected chi connectivity index (χ1v) is 8.20. The Morgan fingerprint density at radius 3 is 2.96 bits per heavy atom. The number of anilines is 1. The first-order chi connectivity index (χ1) is 11.7. The number of carbonyl (C=O) groups is 1. The minimum Gasteiger partial charge on any atom is -0.480 e. The van der Waals surface area contributed by atoms with Gasteiger partial charge in [0.05, 0.1) is 11.4 Å². The molecule has 1 atom stereocenters. The van der Waals surface area contributed by atoms with Crippen molar-refractivity contribution in [1.82, 2.24) is 14.8 Å². The van der Waals surface area contributed by atoms with Crippen LogP contribution >= 0.6 is 15.9 Å². The van der Waals surface area contributed by atoms with Gasteiger partial charge >= 0.3 is 0 Å². The van der Waals surface area contributed by atoms with E-state index in [9.17, 15) is 4.79 Å². The van der Waals surface area contributed by atoms with Gasteiger partial charge in [-0.25, -0.2) is 9.67 Å². The van der Waals surface area contributed by atoms with E-state index >= 15 is 0 Å². The van der Waals surface area contributed by atoms with Crippen LogP contribution in [-0.4, -0.2) is 26.8 Å². The number of amides is 1. The third-order valence-electron chi connectivity index (χ3n) is 3.82. The Labute approximate surface area is 146 Å². The molecule has 0 bridgehead atoms. The summed E-state index contributed by atoms with van der Waals surface area (Å²) in [5.74, 6) is 0.578. The van der Waals surface area contributed by atoms with E-state index in [1.165, 1.54) is 6.33 Å². The van der Waals surface area contributed by atoms with Crippen molar-refractivity contribution < 1.29 is 9.53 Å². The van der Waals surface area contributed by atoms with Crippen molar-refractivity contribution in [3.8, 4) is 11.4 Å². The summed E-state index contributed by atoms with van der Waals surface area (Å²) in [6, 6.07) is 13.3. The highest BCUT2D eigenvalue weighted by atomic mass is 79.9. The fourth-order valence-corrected chi connectivity index (χ4v) is 3.04. The molecule has 120 valence electrons. The maximum Gasteiger partial charge on any atom is 0.265 e. The molecule has 0 aliphatic carbocycles. The van der Waals surface area contributed by atoms with E-state index in [2.05, 4.69) is 31.3 Å². The lowest BCUT2D eigenvalue weighted by Crippen LogP contribution is -2.31. The summed E-state index contributed by atoms with van der Waals surface area (Å²) in [5, 5.41) is 7.06. The molecule has 1 aromatic heterocycles. The second kappa shape index (κ2) is 6.09. The monoisotopic (exact) mass is 384 g/mol. The van der Waals surface area contributed by atoms with Gasteiger partial charge in [0.25, 0.3) is 5.91 Å². The van der Waals surface area contributed by atoms with Gasteiger partial charge in [0.2, 0.25) is 0 Å². The van der Waals surface area contributed by atoms with Gasteiger partial charge in [0.15, 0.2) is 6.10 Å². The van der Waals surface area contributed by atoms with Crippen molar-refractivity contribution in [2.24, 2.45) is 0 Å². The molecule has 2 heterocycles. The van der Waals surface area contributed by atoms with Crippen LogP contribution in [0.4, 0.5) is 5.69 Å². The fraction of sp³-hybridized carbons (Fsp3) is 0.118. The molecule has 6 nitrogen and oxygen atoms in total. The standard InChI is InChI=1S/C17H13BrN4O2/c18-12-5-6-14(22-10-19-9-20-22)13(8-12)21-17(23)16-7-11-3-1-2-4-15(11)24-16/h1-6,8-10,16H,7H2,(H,21,23). The van der Waals surface area contributed by atoms with Crippen LogP contribution in [0.3, 0.4) is 0 Å². The molecule has 0 radical (unpaired) electrons. The van der Waals surface area contributed by atoms with Crippen LogP contribution in [-0.2, 0) is 11.2 Å². The Morgan fingerprint density at radius 2 is 2.17 bits per heavy atom. The number of ether oxygens (including phenoxy) is 1. The zero-order chi connectivity index (χ0) is 16.5. The SMILES string of the molecule is O=C(Nc1cc(Br)ccc1-n1cncn1)C1Cc2ccccc2O1. The lowest BCUT2D eigenvalue weighted by Gasteiger charge is -2.14. The second-order valence-corrected chi connectivity index (χ2v) is 6.32. The number of hydrogen-bond donors (Lipinski definition) is 1. The summed E-state index contributed by atoms with van der Waals surface area (Å²) in [4.78, 5) is 16.6. The molecule has 2 aromatic carbocycles. The molecule has 1 aliphatic rings. The van der Waals surface area contributed by atoms with E-state index in [-0.39, 0.29) is 5.91 Å². The molecule has 7 heteroatoms. The van der Waals surface area contributed by atoms with Crippen LogP contribution < -0.4 is 10.1 Å². The van der Waals surface area contributed by atoms with Crippen LogP contribution in [0.1, 0.15) is 5.56 Å². The Hall–Kier alpha value is -2.67. The minimum absolute atomic E-state index is 0.189. The maximum absolute atomic E-state index is 12.6. The van der Waals surface area contributed by atoms with Gasteiger partial charge in [-0.2, -0.15) is 5.10 Å². The average molecular weight is 385 g/mol. The van der Waals surface area contributed by atoms with E-state index < -0.39 is 6.10 Å². The molecule has 1 unspecified atom stereocenters. The number of hydrogen-bond acceptors (Lipinski definition) is 4. The third kappa shape index (κ3) is 2.78. The van der Waals surface area contributed by atoms with E-state index in [4.69, 9.17) is 4.74 Å². The molecule has 0 spiro atoms. The lowest BCUT2D eigenvalue weighted by atomic mass is 10.1. The Balaban J connectivity index is 1.58. The fourth-order valence-electron chi connectivity index (χ4n) is 2.68. The number of carbonyl (C=O) groups excluding carboxylic acids is 1. The zero-order valence-corrected chi connectivity index (χ0v) is 14.1. The van der Waals surface area contributed by atoms with Crippen LogP contribution in [0, 0.1) is 0 Å². The van der Waals surface area contributed by atoms with Gasteiger partial charge in [0, 0.05) is 10.9 Å². The predicted octanol–water partition coefficient (Wildman–Crippen LogP) is 2.97. The van der Waals surface area contributed by atoms with E-state index in [0.717, 1.165) is 21.5 Å². The van der Waals surface area contributed by atoms with Gasteiger partial charge in [-0.15, -0.1) is 0 Å². The highest BCUT2D eigenvalue weighted by Crippen LogP contribution is 2.30. The number of nitrogens with one attached hydrogen (secondary N) is 1. The number of rotatable bonds is 3. The van der Waals surface area contributed by atoms with E-state index in [1.54, 1.807) is 11.0 Å². The molecule has 1 amide bonds. The quantitative estimate of drug-likeness (QED) is 0.753. The molecule has 3 aromatic rings. The van der Waals surface area contributed by atoms with Crippen LogP contribution in [0.5, 0.6) is 5.75 Å². The van der Waals surface area contributed by atoms with Gasteiger partial charge in [-0.1, -0.05) is 34.1 Å². The normalized spacial score (nSPS) is 15.6. The number of fused-ring (bicyclic) bond motifs is 1. The third-order valence-corrected chi connectivity index (χ3v) is 4.31. The van der Waals surface area contributed by atoms with Crippen molar-refractivity contribution >= 4 is 27.5 Å². The van der Waals surface area contributed by atoms with Gasteiger partial charge < -0.3 is 10.1 Å². The highest BCUT2D eigenvalue weighted by Gasteiger charge is 2.29. The van der Waals surface area contributed by atoms with E-state index in [0.29, 0.717) is 12.1 Å². The minimum atomic E-state index is -0.537. The molecule has 1 N–H and O–H groups in total. The van der Waals surface area contributed by atoms with Crippen molar-refractivity contribution in [2.45, 2.75) is 12.5 Å². The molecule has 0 fully saturated rings. The topological polar surface area (TPSA) is 69.0 Å². The summed E-state index contributed by atoms with van der Waals surface area (Å²) in [6.45, 7) is 0. The summed E-state index contributed by atoms with van der Waals surface area (Å²) in [7, 11) is 0. The Morgan fingerprint density at radius 1 is 1.29 bits per heavy atom. The Kier molecular flexibility index (Phi) is 3.78. The summed E-state index contributed by atoms with van der Waals surface area (Å²) >= 11 is 3.43. The maximum atomic E-state index is 12.6. The second-order valence-electron chi connectivity index (χ2n) is 5.41. The van der Waals surface area contributed by atoms with Crippen LogP contribution in [0.25, 0.3) is 5.69 Å². The van der Waals surface area contributed by atoms with Crippen molar-refractivity contribution in [2.75, 3.05) is 5.32 Å². The predicted molar refractivity (Wildman–Crippen MR) is 92.3 cm³/mol. The molecule has 4 rings (SSSR count). The molecule has 0 saturated heterocycles. The van der Waals surface area contributed by atoms with E-state index in [1.807, 2.05) is 42.5 Å². The average Bonchev–Trinajstić information content (AvgIpc) is 3.24. The highest BCUT2D eigenvalue weighted by molar-refractivity contribution is 9.10. The van der Waals surface area contributed by atoms with Crippen molar-refractivity contribution in [3.63, 3.8) is 0 Å². The Bertz CT molecular complexity index is 870. The van der Waals surface area contributed by atoms with Gasteiger partial charge in [-0.3, -0.25) is 4.79 Å². The smallest absolute Gasteiger partial charge is 0.265 e. The molecular weight excluding hydrogens is 372 g/mol. The molecule has 0 saturated carbocycles. The van der Waals surface area contributed by atoms with Crippen LogP contribution in [0.2, 0.25) is 0 Å². The molecule has 1 aliphatic heterocycles. The molecule has 24 heavy (non-hydrogen) atoms. The lowest BCUT2D eigenvalue weighted by molar-refractivity contribution is -0.122. The van der Waals surface area contributed by atoms with Crippen molar-refractivity contribution in [1.29, 1.82) is 0 Å². The number of para-hydroxylation sites is 1. The number of benzene rings is 2. The van der Waals surface area contributed by atoms with Gasteiger partial charge in [-0.05, 0) is 29.8 Å². The first kappa shape index (κ1) is 14.9. The number of aromatic nitrogens is 3. The number of nitrogens with zero attached hydrogens (tertiary/aromatic N) is 3. The summed E-state index contributed by atoms with van der Waals surface area (Å²) in [6.07, 6.45) is 3.06. The molecular formula is C17H13BrN4O2. The van der Waals surface area contributed by atoms with Crippen LogP contribution in [0.15, 0.2) is 59.6 Å². The first-order valence-electron chi connectivity index (χ1n) is 7.41. The largest absolute Gasteiger partial charge is 0.480 e. The summed E-state index contributed by atoms with van der Waals surface area (Å²) < 4.78 is 8.21.